The first kappa shape index (κ1) is 9.24. The maximum Gasteiger partial charge on any atom is 0.271 e. The number of rotatable bonds is 3. The van der Waals surface area contributed by atoms with Crippen LogP contribution >= 0.6 is 0 Å². The van der Waals surface area contributed by atoms with Crippen molar-refractivity contribution in [2.45, 2.75) is 6.92 Å². The van der Waals surface area contributed by atoms with Crippen molar-refractivity contribution in [2.24, 2.45) is 5.16 Å². The van der Waals surface area contributed by atoms with E-state index < -0.39 is 0 Å². The molecule has 1 aromatic heterocycles. The van der Waals surface area contributed by atoms with Crippen LogP contribution < -0.4 is 5.32 Å². The van der Waals surface area contributed by atoms with Crippen molar-refractivity contribution in [3.05, 3.63) is 11.8 Å². The van der Waals surface area contributed by atoms with Gasteiger partial charge < -0.3 is 10.2 Å². The van der Waals surface area contributed by atoms with Gasteiger partial charge in [-0.2, -0.15) is 5.10 Å². The lowest BCUT2D eigenvalue weighted by atomic mass is 10.5. The van der Waals surface area contributed by atoms with Gasteiger partial charge >= 0.3 is 0 Å². The Labute approximate surface area is 75.0 Å². The average Bonchev–Trinajstić information content (AvgIpc) is 2.48. The summed E-state index contributed by atoms with van der Waals surface area (Å²) in [7, 11) is 1.36. The number of anilines is 1. The van der Waals surface area contributed by atoms with E-state index in [1.807, 2.05) is 6.92 Å². The van der Waals surface area contributed by atoms with Crippen LogP contribution in [0.5, 0.6) is 0 Å². The zero-order valence-corrected chi connectivity index (χ0v) is 7.37. The van der Waals surface area contributed by atoms with Gasteiger partial charge in [0.25, 0.3) is 5.91 Å². The Morgan fingerprint density at radius 2 is 2.62 bits per heavy atom. The maximum atomic E-state index is 11.0. The van der Waals surface area contributed by atoms with Crippen molar-refractivity contribution in [3.8, 4) is 0 Å². The van der Waals surface area contributed by atoms with E-state index in [4.69, 9.17) is 0 Å². The quantitative estimate of drug-likeness (QED) is 0.520. The van der Waals surface area contributed by atoms with Crippen LogP contribution in [0.1, 0.15) is 5.69 Å². The third-order valence-electron chi connectivity index (χ3n) is 1.23. The van der Waals surface area contributed by atoms with Gasteiger partial charge in [0.15, 0.2) is 5.82 Å². The summed E-state index contributed by atoms with van der Waals surface area (Å²) in [5.74, 6) is 0.0819. The third kappa shape index (κ3) is 2.94. The normalized spacial score (nSPS) is 10.3. The lowest BCUT2D eigenvalue weighted by molar-refractivity contribution is -0.110. The summed E-state index contributed by atoms with van der Waals surface area (Å²) in [5.41, 5.74) is 0.874. The van der Waals surface area contributed by atoms with Crippen molar-refractivity contribution >= 4 is 17.9 Å². The van der Waals surface area contributed by atoms with E-state index in [0.717, 1.165) is 11.9 Å². The summed E-state index contributed by atoms with van der Waals surface area (Å²) in [6, 6.07) is 1.71. The molecule has 0 unspecified atom stereocenters. The van der Waals surface area contributed by atoms with Gasteiger partial charge in [-0.15, -0.1) is 0 Å². The molecule has 0 spiro atoms. The summed E-state index contributed by atoms with van der Waals surface area (Å²) < 4.78 is 0. The number of carbonyl (C=O) groups is 1. The van der Waals surface area contributed by atoms with Gasteiger partial charge in [-0.1, -0.05) is 5.16 Å². The van der Waals surface area contributed by atoms with Crippen LogP contribution in [0.15, 0.2) is 11.2 Å². The first-order valence-corrected chi connectivity index (χ1v) is 3.62. The maximum absolute atomic E-state index is 11.0. The van der Waals surface area contributed by atoms with Gasteiger partial charge in [-0.25, -0.2) is 0 Å². The number of amides is 1. The Kier molecular flexibility index (Phi) is 3.02. The fraction of sp³-hybridized carbons (Fsp3) is 0.286. The summed E-state index contributed by atoms with van der Waals surface area (Å²) in [4.78, 5) is 15.3. The molecule has 0 atom stereocenters. The average molecular weight is 182 g/mol. The molecule has 0 radical (unpaired) electrons. The van der Waals surface area contributed by atoms with Crippen molar-refractivity contribution in [1.82, 2.24) is 10.2 Å². The number of nitrogens with zero attached hydrogens (tertiary/aromatic N) is 2. The molecule has 1 rings (SSSR count). The minimum atomic E-state index is -0.381. The molecule has 0 saturated carbocycles. The van der Waals surface area contributed by atoms with Crippen molar-refractivity contribution < 1.29 is 9.63 Å². The largest absolute Gasteiger partial charge is 0.399 e. The number of hydrogen-bond donors (Lipinski definition) is 2. The lowest BCUT2D eigenvalue weighted by Crippen LogP contribution is -2.12. The van der Waals surface area contributed by atoms with Crippen LogP contribution in [0.3, 0.4) is 0 Å². The predicted octanol–water partition coefficient (Wildman–Crippen LogP) is 0.289. The molecule has 0 aromatic carbocycles. The van der Waals surface area contributed by atoms with E-state index in [2.05, 4.69) is 25.5 Å². The second-order valence-electron chi connectivity index (χ2n) is 2.34. The van der Waals surface area contributed by atoms with E-state index in [1.165, 1.54) is 7.11 Å². The standard InChI is InChI=1S/C7H10N4O2/c1-5-3-6(11-10-5)9-7(12)4-8-13-2/h3-4H,1-2H3,(H2,9,10,11,12)/b8-4+. The molecule has 6 nitrogen and oxygen atoms in total. The van der Waals surface area contributed by atoms with Gasteiger partial charge in [0.2, 0.25) is 0 Å². The zero-order chi connectivity index (χ0) is 9.68. The van der Waals surface area contributed by atoms with Gasteiger partial charge in [-0.05, 0) is 6.92 Å². The first-order valence-electron chi connectivity index (χ1n) is 3.62. The van der Waals surface area contributed by atoms with Crippen molar-refractivity contribution in [2.75, 3.05) is 12.4 Å². The van der Waals surface area contributed by atoms with Gasteiger partial charge in [0.1, 0.15) is 13.3 Å². The topological polar surface area (TPSA) is 79.4 Å². The van der Waals surface area contributed by atoms with Gasteiger partial charge in [0, 0.05) is 11.8 Å². The Balaban J connectivity index is 2.50. The number of carbonyl (C=O) groups excluding carboxylic acids is 1. The number of oxime groups is 1. The Bertz CT molecular complexity index is 318. The monoisotopic (exact) mass is 182 g/mol. The fourth-order valence-electron chi connectivity index (χ4n) is 0.741. The molecule has 6 heteroatoms. The van der Waals surface area contributed by atoms with Crippen LogP contribution in [0.4, 0.5) is 5.82 Å². The molecule has 1 aromatic rings. The van der Waals surface area contributed by atoms with Gasteiger partial charge in [-0.3, -0.25) is 9.89 Å². The number of hydrogen-bond acceptors (Lipinski definition) is 4. The van der Waals surface area contributed by atoms with E-state index >= 15 is 0 Å². The van der Waals surface area contributed by atoms with Gasteiger partial charge in [0.05, 0.1) is 0 Å². The van der Waals surface area contributed by atoms with E-state index in [9.17, 15) is 4.79 Å². The molecular weight excluding hydrogens is 172 g/mol. The van der Waals surface area contributed by atoms with E-state index in [0.29, 0.717) is 5.82 Å². The van der Waals surface area contributed by atoms with E-state index in [-0.39, 0.29) is 5.91 Å². The molecule has 0 saturated heterocycles. The number of aromatic amines is 1. The molecule has 70 valence electrons. The molecule has 1 heterocycles. The summed E-state index contributed by atoms with van der Waals surface area (Å²) in [6.45, 7) is 1.84. The fourth-order valence-corrected chi connectivity index (χ4v) is 0.741. The SMILES string of the molecule is CO/N=C/C(=O)Nc1cc(C)[nH]n1. The Hall–Kier alpha value is -1.85. The molecule has 13 heavy (non-hydrogen) atoms. The van der Waals surface area contributed by atoms with Crippen molar-refractivity contribution in [3.63, 3.8) is 0 Å². The molecule has 0 fully saturated rings. The summed E-state index contributed by atoms with van der Waals surface area (Å²) in [5, 5.41) is 12.3. The molecule has 0 aliphatic carbocycles. The molecule has 0 aliphatic rings. The second kappa shape index (κ2) is 4.24. The number of H-pyrrole nitrogens is 1. The minimum absolute atomic E-state index is 0.381. The van der Waals surface area contributed by atoms with E-state index in [1.54, 1.807) is 6.07 Å². The summed E-state index contributed by atoms with van der Waals surface area (Å²) >= 11 is 0. The van der Waals surface area contributed by atoms with Crippen LogP contribution in [-0.4, -0.2) is 29.4 Å². The highest BCUT2D eigenvalue weighted by Gasteiger charge is 2.00. The lowest BCUT2D eigenvalue weighted by Gasteiger charge is -1.93. The smallest absolute Gasteiger partial charge is 0.271 e. The Morgan fingerprint density at radius 1 is 1.85 bits per heavy atom. The first-order chi connectivity index (χ1) is 6.22. The molecule has 0 bridgehead atoms. The molecule has 0 aliphatic heterocycles. The predicted molar refractivity (Wildman–Crippen MR) is 47.5 cm³/mol. The highest BCUT2D eigenvalue weighted by Crippen LogP contribution is 2.02. The van der Waals surface area contributed by atoms with Crippen LogP contribution in [0, 0.1) is 6.92 Å². The van der Waals surface area contributed by atoms with Crippen LogP contribution in [0.25, 0.3) is 0 Å². The highest BCUT2D eigenvalue weighted by atomic mass is 16.6. The number of nitrogens with one attached hydrogen (secondary N) is 2. The minimum Gasteiger partial charge on any atom is -0.399 e. The second-order valence-corrected chi connectivity index (χ2v) is 2.34. The van der Waals surface area contributed by atoms with Crippen molar-refractivity contribution in [1.29, 1.82) is 0 Å². The third-order valence-corrected chi connectivity index (χ3v) is 1.23. The highest BCUT2D eigenvalue weighted by molar-refractivity contribution is 6.31. The number of aryl methyl sites for hydroxylation is 1. The number of aromatic nitrogens is 2. The molecular formula is C7H10N4O2. The van der Waals surface area contributed by atoms with Crippen LogP contribution in [-0.2, 0) is 9.63 Å². The summed E-state index contributed by atoms with van der Waals surface area (Å²) in [6.07, 6.45) is 1.03. The molecule has 2 N–H and O–H groups in total. The van der Waals surface area contributed by atoms with Crippen LogP contribution in [0.2, 0.25) is 0 Å². The Morgan fingerprint density at radius 3 is 3.15 bits per heavy atom. The molecule has 1 amide bonds. The zero-order valence-electron chi connectivity index (χ0n) is 7.37.